The van der Waals surface area contributed by atoms with E-state index in [0.717, 1.165) is 6.42 Å². The third-order valence-electron chi connectivity index (χ3n) is 5.02. The number of fused-ring (bicyclic) bond motifs is 1. The van der Waals surface area contributed by atoms with E-state index in [1.54, 1.807) is 0 Å². The van der Waals surface area contributed by atoms with Crippen molar-refractivity contribution in [2.24, 2.45) is 5.41 Å². The number of carbonyl (C=O) groups is 1. The van der Waals surface area contributed by atoms with Gasteiger partial charge in [-0.1, -0.05) is 19.3 Å². The minimum atomic E-state index is -0.252. The fourth-order valence-electron chi connectivity index (χ4n) is 4.18. The summed E-state index contributed by atoms with van der Waals surface area (Å²) < 4.78 is 10.7. The second-order valence-electron chi connectivity index (χ2n) is 5.61. The van der Waals surface area contributed by atoms with Gasteiger partial charge in [0, 0.05) is 5.41 Å². The highest BCUT2D eigenvalue weighted by molar-refractivity contribution is 5.79. The van der Waals surface area contributed by atoms with Gasteiger partial charge in [0.15, 0.2) is 6.10 Å². The Morgan fingerprint density at radius 2 is 1.81 bits per heavy atom. The van der Waals surface area contributed by atoms with Gasteiger partial charge in [0.05, 0.1) is 7.11 Å². The van der Waals surface area contributed by atoms with Crippen molar-refractivity contribution in [3.8, 4) is 0 Å². The van der Waals surface area contributed by atoms with Gasteiger partial charge in [-0.3, -0.25) is 0 Å². The van der Waals surface area contributed by atoms with Crippen molar-refractivity contribution in [2.75, 3.05) is 7.11 Å². The Bertz CT molecular complexity index is 306. The Kier molecular flexibility index (Phi) is 2.29. The van der Waals surface area contributed by atoms with E-state index in [1.165, 1.54) is 52.1 Å². The van der Waals surface area contributed by atoms with Crippen LogP contribution in [0.25, 0.3) is 0 Å². The summed E-state index contributed by atoms with van der Waals surface area (Å²) in [5, 5.41) is 0. The van der Waals surface area contributed by atoms with Crippen LogP contribution < -0.4 is 0 Å². The quantitative estimate of drug-likeness (QED) is 0.507. The first-order chi connectivity index (χ1) is 7.74. The summed E-state index contributed by atoms with van der Waals surface area (Å²) in [4.78, 5) is 11.6. The van der Waals surface area contributed by atoms with Crippen LogP contribution in [-0.2, 0) is 14.3 Å². The molecule has 3 fully saturated rings. The molecular weight excluding hydrogens is 204 g/mol. The first-order valence-corrected chi connectivity index (χ1v) is 6.50. The van der Waals surface area contributed by atoms with Gasteiger partial charge >= 0.3 is 5.97 Å². The Morgan fingerprint density at radius 1 is 1.12 bits per heavy atom. The van der Waals surface area contributed by atoms with Crippen LogP contribution in [-0.4, -0.2) is 24.8 Å². The lowest BCUT2D eigenvalue weighted by atomic mass is 9.66. The molecule has 3 heteroatoms. The van der Waals surface area contributed by atoms with Crippen LogP contribution in [0.2, 0.25) is 0 Å². The zero-order valence-corrected chi connectivity index (χ0v) is 9.96. The van der Waals surface area contributed by atoms with Crippen LogP contribution in [0.5, 0.6) is 0 Å². The van der Waals surface area contributed by atoms with Crippen LogP contribution in [0.4, 0.5) is 0 Å². The highest BCUT2D eigenvalue weighted by atomic mass is 16.7. The maximum absolute atomic E-state index is 11.6. The molecule has 2 spiro atoms. The molecule has 0 aromatic rings. The lowest BCUT2D eigenvalue weighted by Gasteiger charge is -2.37. The van der Waals surface area contributed by atoms with Gasteiger partial charge in [0.2, 0.25) is 0 Å². The molecule has 0 amide bonds. The van der Waals surface area contributed by atoms with Gasteiger partial charge in [-0.25, -0.2) is 4.79 Å². The standard InChI is InChI=1S/C13H20O3/c1-15-11(14)10-13(16-10)9-5-8-12(13)6-3-2-4-7-12/h10H,2-9H2,1H3. The Labute approximate surface area is 96.5 Å². The lowest BCUT2D eigenvalue weighted by molar-refractivity contribution is -0.142. The monoisotopic (exact) mass is 224 g/mol. The van der Waals surface area contributed by atoms with Crippen molar-refractivity contribution in [1.29, 1.82) is 0 Å². The van der Waals surface area contributed by atoms with E-state index in [2.05, 4.69) is 0 Å². The molecule has 2 aliphatic carbocycles. The van der Waals surface area contributed by atoms with Crippen LogP contribution in [0.15, 0.2) is 0 Å². The maximum Gasteiger partial charge on any atom is 0.338 e. The number of rotatable bonds is 1. The van der Waals surface area contributed by atoms with Gasteiger partial charge in [-0.2, -0.15) is 0 Å². The average molecular weight is 224 g/mol. The van der Waals surface area contributed by atoms with Gasteiger partial charge in [0.25, 0.3) is 0 Å². The van der Waals surface area contributed by atoms with Gasteiger partial charge in [0.1, 0.15) is 5.60 Å². The molecule has 2 unspecified atom stereocenters. The van der Waals surface area contributed by atoms with E-state index >= 15 is 0 Å². The van der Waals surface area contributed by atoms with Gasteiger partial charge in [-0.15, -0.1) is 0 Å². The predicted octanol–water partition coefficient (Wildman–Crippen LogP) is 2.43. The summed E-state index contributed by atoms with van der Waals surface area (Å²) >= 11 is 0. The van der Waals surface area contributed by atoms with Crippen molar-refractivity contribution < 1.29 is 14.3 Å². The van der Waals surface area contributed by atoms with Crippen molar-refractivity contribution in [3.05, 3.63) is 0 Å². The summed E-state index contributed by atoms with van der Waals surface area (Å²) in [6.07, 6.45) is 9.73. The third kappa shape index (κ3) is 1.21. The SMILES string of the molecule is COC(=O)C1OC12CCCC21CCCCC1. The van der Waals surface area contributed by atoms with Gasteiger partial charge < -0.3 is 9.47 Å². The van der Waals surface area contributed by atoms with Crippen LogP contribution in [0, 0.1) is 5.41 Å². The van der Waals surface area contributed by atoms with Crippen molar-refractivity contribution >= 4 is 5.97 Å². The Balaban J connectivity index is 1.82. The molecule has 1 heterocycles. The molecule has 16 heavy (non-hydrogen) atoms. The minimum absolute atomic E-state index is 0.124. The number of esters is 1. The topological polar surface area (TPSA) is 38.8 Å². The molecule has 90 valence electrons. The minimum Gasteiger partial charge on any atom is -0.467 e. The maximum atomic E-state index is 11.6. The first-order valence-electron chi connectivity index (χ1n) is 6.50. The van der Waals surface area contributed by atoms with E-state index in [4.69, 9.17) is 9.47 Å². The molecule has 0 aromatic heterocycles. The molecule has 3 rings (SSSR count). The van der Waals surface area contributed by atoms with E-state index in [9.17, 15) is 4.79 Å². The lowest BCUT2D eigenvalue weighted by Crippen LogP contribution is -2.38. The van der Waals surface area contributed by atoms with Crippen LogP contribution >= 0.6 is 0 Å². The number of hydrogen-bond acceptors (Lipinski definition) is 3. The number of hydrogen-bond donors (Lipinski definition) is 0. The molecular formula is C13H20O3. The molecule has 0 radical (unpaired) electrons. The zero-order chi connectivity index (χ0) is 11.2. The zero-order valence-electron chi connectivity index (χ0n) is 9.96. The van der Waals surface area contributed by atoms with Crippen molar-refractivity contribution in [3.63, 3.8) is 0 Å². The highest BCUT2D eigenvalue weighted by Crippen LogP contribution is 2.65. The molecule has 3 nitrogen and oxygen atoms in total. The molecule has 0 bridgehead atoms. The highest BCUT2D eigenvalue weighted by Gasteiger charge is 2.73. The summed E-state index contributed by atoms with van der Waals surface area (Å²) in [7, 11) is 1.46. The van der Waals surface area contributed by atoms with E-state index in [1.807, 2.05) is 0 Å². The van der Waals surface area contributed by atoms with E-state index in [0.29, 0.717) is 5.41 Å². The van der Waals surface area contributed by atoms with Crippen LogP contribution in [0.1, 0.15) is 51.4 Å². The number of ether oxygens (including phenoxy) is 2. The molecule has 2 saturated carbocycles. The summed E-state index contributed by atoms with van der Waals surface area (Å²) in [5.41, 5.74) is 0.185. The second kappa shape index (κ2) is 3.46. The molecule has 2 atom stereocenters. The fraction of sp³-hybridized carbons (Fsp3) is 0.923. The number of methoxy groups -OCH3 is 1. The predicted molar refractivity (Wildman–Crippen MR) is 59.0 cm³/mol. The van der Waals surface area contributed by atoms with E-state index in [-0.39, 0.29) is 17.7 Å². The fourth-order valence-corrected chi connectivity index (χ4v) is 4.18. The van der Waals surface area contributed by atoms with Gasteiger partial charge in [-0.05, 0) is 32.1 Å². The third-order valence-corrected chi connectivity index (χ3v) is 5.02. The van der Waals surface area contributed by atoms with Crippen molar-refractivity contribution in [1.82, 2.24) is 0 Å². The molecule has 0 aromatic carbocycles. The Morgan fingerprint density at radius 3 is 2.50 bits per heavy atom. The van der Waals surface area contributed by atoms with Crippen LogP contribution in [0.3, 0.4) is 0 Å². The summed E-state index contributed by atoms with van der Waals surface area (Å²) in [6.45, 7) is 0. The largest absolute Gasteiger partial charge is 0.467 e. The normalized spacial score (nSPS) is 40.2. The first kappa shape index (κ1) is 10.6. The average Bonchev–Trinajstić information content (AvgIpc) is 2.97. The molecule has 3 aliphatic rings. The second-order valence-corrected chi connectivity index (χ2v) is 5.61. The smallest absolute Gasteiger partial charge is 0.338 e. The number of carbonyl (C=O) groups excluding carboxylic acids is 1. The van der Waals surface area contributed by atoms with Crippen molar-refractivity contribution in [2.45, 2.75) is 63.1 Å². The molecule has 1 saturated heterocycles. The summed E-state index contributed by atoms with van der Waals surface area (Å²) in [6, 6.07) is 0. The number of epoxide rings is 1. The molecule has 0 N–H and O–H groups in total. The Hall–Kier alpha value is -0.570. The van der Waals surface area contributed by atoms with E-state index < -0.39 is 0 Å². The summed E-state index contributed by atoms with van der Waals surface area (Å²) in [5.74, 6) is -0.160. The molecule has 1 aliphatic heterocycles.